The molecule has 3 rings (SSSR count). The highest BCUT2D eigenvalue weighted by Gasteiger charge is 2.24. The lowest BCUT2D eigenvalue weighted by molar-refractivity contribution is 0.0906. The van der Waals surface area contributed by atoms with E-state index in [-0.39, 0.29) is 5.91 Å². The molecular weight excluding hydrogens is 342 g/mol. The van der Waals surface area contributed by atoms with Crippen molar-refractivity contribution >= 4 is 27.4 Å². The second-order valence-corrected chi connectivity index (χ2v) is 6.61. The molecular formula is C17H16BrN3O. The number of pyridine rings is 1. The van der Waals surface area contributed by atoms with E-state index in [2.05, 4.69) is 26.3 Å². The van der Waals surface area contributed by atoms with Gasteiger partial charge in [0.25, 0.3) is 5.91 Å². The van der Waals surface area contributed by atoms with Crippen LogP contribution in [0.25, 0.3) is 5.52 Å². The van der Waals surface area contributed by atoms with Gasteiger partial charge in [0.2, 0.25) is 0 Å². The van der Waals surface area contributed by atoms with Gasteiger partial charge in [-0.1, -0.05) is 30.3 Å². The molecule has 0 spiro atoms. The van der Waals surface area contributed by atoms with Crippen molar-refractivity contribution in [2.75, 3.05) is 0 Å². The highest BCUT2D eigenvalue weighted by atomic mass is 79.9. The molecule has 4 nitrogen and oxygen atoms in total. The Morgan fingerprint density at radius 2 is 1.91 bits per heavy atom. The van der Waals surface area contributed by atoms with Gasteiger partial charge in [-0.15, -0.1) is 0 Å². The van der Waals surface area contributed by atoms with Crippen molar-refractivity contribution in [1.82, 2.24) is 14.9 Å². The lowest BCUT2D eigenvalue weighted by atomic mass is 9.94. The molecule has 1 aromatic carbocycles. The van der Waals surface area contributed by atoms with Crippen molar-refractivity contribution in [3.05, 3.63) is 70.5 Å². The maximum absolute atomic E-state index is 12.5. The highest BCUT2D eigenvalue weighted by Crippen LogP contribution is 2.20. The number of fused-ring (bicyclic) bond motifs is 1. The van der Waals surface area contributed by atoms with E-state index in [1.807, 2.05) is 62.5 Å². The van der Waals surface area contributed by atoms with Gasteiger partial charge in [0.1, 0.15) is 0 Å². The number of nitrogens with one attached hydrogen (secondary N) is 1. The third-order valence-corrected chi connectivity index (χ3v) is 4.05. The minimum Gasteiger partial charge on any atom is -0.342 e. The second-order valence-electron chi connectivity index (χ2n) is 5.69. The van der Waals surface area contributed by atoms with Gasteiger partial charge in [0.05, 0.1) is 11.1 Å². The van der Waals surface area contributed by atoms with Crippen molar-refractivity contribution in [3.8, 4) is 0 Å². The number of benzene rings is 1. The van der Waals surface area contributed by atoms with Crippen LogP contribution in [0.2, 0.25) is 0 Å². The number of hydrogen-bond acceptors (Lipinski definition) is 2. The number of carbonyl (C=O) groups excluding carboxylic acids is 1. The van der Waals surface area contributed by atoms with Crippen molar-refractivity contribution < 1.29 is 4.79 Å². The summed E-state index contributed by atoms with van der Waals surface area (Å²) in [5, 5.41) is 7.36. The molecule has 0 fully saturated rings. The molecule has 0 aliphatic carbocycles. The quantitative estimate of drug-likeness (QED) is 0.775. The van der Waals surface area contributed by atoms with Crippen molar-refractivity contribution in [1.29, 1.82) is 0 Å². The molecule has 0 unspecified atom stereocenters. The third kappa shape index (κ3) is 2.90. The topological polar surface area (TPSA) is 46.4 Å². The first-order valence-electron chi connectivity index (χ1n) is 6.99. The van der Waals surface area contributed by atoms with Crippen LogP contribution in [0.5, 0.6) is 0 Å². The molecule has 0 aliphatic rings. The molecule has 0 radical (unpaired) electrons. The van der Waals surface area contributed by atoms with Gasteiger partial charge < -0.3 is 5.32 Å². The summed E-state index contributed by atoms with van der Waals surface area (Å²) in [7, 11) is 0. The number of carbonyl (C=O) groups is 1. The van der Waals surface area contributed by atoms with Crippen molar-refractivity contribution in [3.63, 3.8) is 0 Å². The van der Waals surface area contributed by atoms with Crippen LogP contribution in [-0.4, -0.2) is 15.5 Å². The molecule has 0 atom stereocenters. The fourth-order valence-corrected chi connectivity index (χ4v) is 2.67. The van der Waals surface area contributed by atoms with Crippen molar-refractivity contribution in [2.45, 2.75) is 19.4 Å². The highest BCUT2D eigenvalue weighted by molar-refractivity contribution is 9.10. The van der Waals surface area contributed by atoms with Gasteiger partial charge >= 0.3 is 0 Å². The van der Waals surface area contributed by atoms with Crippen LogP contribution < -0.4 is 5.32 Å². The molecule has 0 saturated heterocycles. The molecule has 1 N–H and O–H groups in total. The number of aromatic nitrogens is 2. The van der Waals surface area contributed by atoms with Crippen molar-refractivity contribution in [2.24, 2.45) is 0 Å². The Labute approximate surface area is 137 Å². The van der Waals surface area contributed by atoms with Gasteiger partial charge in [0, 0.05) is 10.7 Å². The van der Waals surface area contributed by atoms with E-state index in [9.17, 15) is 4.79 Å². The Bertz CT molecular complexity index is 824. The molecule has 22 heavy (non-hydrogen) atoms. The molecule has 2 aromatic heterocycles. The molecule has 0 bridgehead atoms. The largest absolute Gasteiger partial charge is 0.342 e. The van der Waals surface area contributed by atoms with Crippen LogP contribution in [0.3, 0.4) is 0 Å². The number of rotatable bonds is 3. The minimum atomic E-state index is -0.464. The standard InChI is InChI=1S/C17H16BrN3O/c1-17(2,12-6-4-3-5-7-12)19-16(22)15-10-14-9-8-13(18)11-21(14)20-15/h3-11H,1-2H3,(H,19,22). The summed E-state index contributed by atoms with van der Waals surface area (Å²) in [4.78, 5) is 12.5. The summed E-state index contributed by atoms with van der Waals surface area (Å²) in [5.74, 6) is -0.186. The Morgan fingerprint density at radius 3 is 2.64 bits per heavy atom. The zero-order valence-corrected chi connectivity index (χ0v) is 14.0. The summed E-state index contributed by atoms with van der Waals surface area (Å²) >= 11 is 3.40. The average molecular weight is 358 g/mol. The first-order chi connectivity index (χ1) is 10.5. The summed E-state index contributed by atoms with van der Waals surface area (Å²) < 4.78 is 2.61. The van der Waals surface area contributed by atoms with Crippen LogP contribution in [0.4, 0.5) is 0 Å². The van der Waals surface area contributed by atoms with Gasteiger partial charge in [-0.2, -0.15) is 5.10 Å². The first-order valence-corrected chi connectivity index (χ1v) is 7.78. The van der Waals surface area contributed by atoms with Crippen LogP contribution in [-0.2, 0) is 5.54 Å². The van der Waals surface area contributed by atoms with E-state index in [4.69, 9.17) is 0 Å². The van der Waals surface area contributed by atoms with Crippen LogP contribution >= 0.6 is 15.9 Å². The van der Waals surface area contributed by atoms with Gasteiger partial charge in [0.15, 0.2) is 5.69 Å². The van der Waals surface area contributed by atoms with E-state index in [1.54, 1.807) is 10.6 Å². The molecule has 2 heterocycles. The average Bonchev–Trinajstić information content (AvgIpc) is 2.91. The summed E-state index contributed by atoms with van der Waals surface area (Å²) in [6.45, 7) is 3.96. The molecule has 1 amide bonds. The van der Waals surface area contributed by atoms with Gasteiger partial charge in [-0.3, -0.25) is 4.79 Å². The fraction of sp³-hybridized carbons (Fsp3) is 0.176. The van der Waals surface area contributed by atoms with E-state index < -0.39 is 5.54 Å². The zero-order valence-electron chi connectivity index (χ0n) is 12.4. The minimum absolute atomic E-state index is 0.186. The Balaban J connectivity index is 1.86. The van der Waals surface area contributed by atoms with Gasteiger partial charge in [-0.25, -0.2) is 4.52 Å². The molecule has 5 heteroatoms. The van der Waals surface area contributed by atoms with E-state index in [0.717, 1.165) is 15.6 Å². The maximum atomic E-state index is 12.5. The summed E-state index contributed by atoms with van der Waals surface area (Å²) in [6.07, 6.45) is 1.83. The Hall–Kier alpha value is -2.14. The predicted molar refractivity (Wildman–Crippen MR) is 89.8 cm³/mol. The Kier molecular flexibility index (Phi) is 3.74. The first kappa shape index (κ1) is 14.8. The van der Waals surface area contributed by atoms with Crippen LogP contribution in [0.1, 0.15) is 29.9 Å². The van der Waals surface area contributed by atoms with E-state index in [1.165, 1.54) is 0 Å². The lowest BCUT2D eigenvalue weighted by Crippen LogP contribution is -2.41. The zero-order chi connectivity index (χ0) is 15.7. The SMILES string of the molecule is CC(C)(NC(=O)c1cc2ccc(Br)cn2n1)c1ccccc1. The van der Waals surface area contributed by atoms with Crippen LogP contribution in [0.15, 0.2) is 59.2 Å². The molecule has 0 saturated carbocycles. The van der Waals surface area contributed by atoms with E-state index >= 15 is 0 Å². The number of halogens is 1. The number of hydrogen-bond donors (Lipinski definition) is 1. The van der Waals surface area contributed by atoms with E-state index in [0.29, 0.717) is 5.69 Å². The lowest BCUT2D eigenvalue weighted by Gasteiger charge is -2.26. The monoisotopic (exact) mass is 357 g/mol. The van der Waals surface area contributed by atoms with Gasteiger partial charge in [-0.05, 0) is 53.5 Å². The third-order valence-electron chi connectivity index (χ3n) is 3.58. The smallest absolute Gasteiger partial charge is 0.272 e. The number of nitrogens with zero attached hydrogens (tertiary/aromatic N) is 2. The number of amides is 1. The fourth-order valence-electron chi connectivity index (χ4n) is 2.35. The second kappa shape index (κ2) is 5.57. The Morgan fingerprint density at radius 1 is 1.18 bits per heavy atom. The molecule has 0 aliphatic heterocycles. The predicted octanol–water partition coefficient (Wildman–Crippen LogP) is 3.76. The van der Waals surface area contributed by atoms with Crippen LogP contribution in [0, 0.1) is 0 Å². The normalized spacial score (nSPS) is 11.6. The molecule has 112 valence electrons. The summed E-state index contributed by atoms with van der Waals surface area (Å²) in [6, 6.07) is 15.5. The molecule has 3 aromatic rings. The summed E-state index contributed by atoms with van der Waals surface area (Å²) in [5.41, 5.74) is 1.87. The maximum Gasteiger partial charge on any atom is 0.272 e.